The number of aryl methyl sites for hydroxylation is 1. The molecule has 0 radical (unpaired) electrons. The lowest BCUT2D eigenvalue weighted by atomic mass is 10.1. The maximum absolute atomic E-state index is 11.2. The molecule has 21 heavy (non-hydrogen) atoms. The van der Waals surface area contributed by atoms with Crippen molar-refractivity contribution in [3.05, 3.63) is 58.1 Å². The lowest BCUT2D eigenvalue weighted by Gasteiger charge is -2.11. The Morgan fingerprint density at radius 2 is 2.05 bits per heavy atom. The quantitative estimate of drug-likeness (QED) is 0.890. The minimum absolute atomic E-state index is 0.424. The van der Waals surface area contributed by atoms with Gasteiger partial charge in [0.05, 0.1) is 17.8 Å². The second kappa shape index (κ2) is 6.50. The van der Waals surface area contributed by atoms with Crippen LogP contribution in [0.2, 0.25) is 5.02 Å². The number of hydrogen-bond acceptors (Lipinski definition) is 3. The highest BCUT2D eigenvalue weighted by Crippen LogP contribution is 2.24. The van der Waals surface area contributed by atoms with E-state index in [2.05, 4.69) is 5.32 Å². The van der Waals surface area contributed by atoms with E-state index < -0.39 is 5.91 Å². The molecule has 0 saturated heterocycles. The van der Waals surface area contributed by atoms with Gasteiger partial charge in [-0.2, -0.15) is 0 Å². The maximum atomic E-state index is 11.2. The summed E-state index contributed by atoms with van der Waals surface area (Å²) < 4.78 is 5.23. The average molecular weight is 305 g/mol. The predicted octanol–water partition coefficient (Wildman–Crippen LogP) is 3.37. The summed E-state index contributed by atoms with van der Waals surface area (Å²) in [6, 6.07) is 10.9. The van der Waals surface area contributed by atoms with E-state index in [0.717, 1.165) is 16.9 Å². The van der Waals surface area contributed by atoms with E-state index in [1.807, 2.05) is 25.1 Å². The van der Waals surface area contributed by atoms with Crippen molar-refractivity contribution in [1.29, 1.82) is 0 Å². The van der Waals surface area contributed by atoms with Crippen molar-refractivity contribution in [3.8, 4) is 5.75 Å². The number of nitrogens with one attached hydrogen (secondary N) is 1. The molecule has 110 valence electrons. The minimum Gasteiger partial charge on any atom is -0.496 e. The maximum Gasteiger partial charge on any atom is 0.248 e. The number of carbonyl (C=O) groups is 1. The van der Waals surface area contributed by atoms with Gasteiger partial charge in [-0.25, -0.2) is 0 Å². The first-order valence-corrected chi connectivity index (χ1v) is 6.86. The summed E-state index contributed by atoms with van der Waals surface area (Å²) in [5, 5.41) is 3.76. The van der Waals surface area contributed by atoms with Crippen LogP contribution in [0.25, 0.3) is 0 Å². The van der Waals surface area contributed by atoms with Gasteiger partial charge >= 0.3 is 0 Å². The van der Waals surface area contributed by atoms with Crippen LogP contribution in [0.5, 0.6) is 5.75 Å². The second-order valence-corrected chi connectivity index (χ2v) is 5.12. The molecule has 0 aliphatic heterocycles. The Bertz CT molecular complexity index is 671. The normalized spacial score (nSPS) is 10.2. The first-order valence-electron chi connectivity index (χ1n) is 6.48. The predicted molar refractivity (Wildman–Crippen MR) is 85.0 cm³/mol. The molecular formula is C16H17ClN2O2. The molecule has 0 fully saturated rings. The number of anilines is 1. The van der Waals surface area contributed by atoms with Crippen LogP contribution in [-0.2, 0) is 6.54 Å². The van der Waals surface area contributed by atoms with Gasteiger partial charge in [0, 0.05) is 12.1 Å². The monoisotopic (exact) mass is 304 g/mol. The molecule has 0 heterocycles. The summed E-state index contributed by atoms with van der Waals surface area (Å²) in [6.07, 6.45) is 0. The highest BCUT2D eigenvalue weighted by molar-refractivity contribution is 6.33. The van der Waals surface area contributed by atoms with Crippen molar-refractivity contribution in [1.82, 2.24) is 0 Å². The number of nitrogens with two attached hydrogens (primary N) is 1. The summed E-state index contributed by atoms with van der Waals surface area (Å²) >= 11 is 6.11. The third kappa shape index (κ3) is 3.67. The molecule has 0 aliphatic rings. The molecule has 0 aromatic heterocycles. The number of primary amides is 1. The van der Waals surface area contributed by atoms with Crippen LogP contribution in [0.3, 0.4) is 0 Å². The summed E-state index contributed by atoms with van der Waals surface area (Å²) in [6.45, 7) is 2.58. The number of benzene rings is 2. The Labute approximate surface area is 128 Å². The fourth-order valence-electron chi connectivity index (χ4n) is 2.06. The molecule has 0 saturated carbocycles. The second-order valence-electron chi connectivity index (χ2n) is 4.72. The molecular weight excluding hydrogens is 288 g/mol. The Kier molecular flexibility index (Phi) is 4.70. The van der Waals surface area contributed by atoms with Gasteiger partial charge in [-0.15, -0.1) is 0 Å². The summed E-state index contributed by atoms with van der Waals surface area (Å²) in [4.78, 5) is 11.2. The Morgan fingerprint density at radius 3 is 2.67 bits per heavy atom. The van der Waals surface area contributed by atoms with Gasteiger partial charge in [0.1, 0.15) is 5.75 Å². The summed E-state index contributed by atoms with van der Waals surface area (Å²) in [7, 11) is 1.65. The van der Waals surface area contributed by atoms with Gasteiger partial charge in [0.2, 0.25) is 5.91 Å². The minimum atomic E-state index is -0.477. The van der Waals surface area contributed by atoms with E-state index in [4.69, 9.17) is 22.1 Å². The molecule has 0 bridgehead atoms. The Morgan fingerprint density at radius 1 is 1.29 bits per heavy atom. The van der Waals surface area contributed by atoms with E-state index in [9.17, 15) is 4.79 Å². The molecule has 0 unspecified atom stereocenters. The van der Waals surface area contributed by atoms with Gasteiger partial charge in [0.15, 0.2) is 0 Å². The van der Waals surface area contributed by atoms with Crippen LogP contribution in [0.4, 0.5) is 5.69 Å². The topological polar surface area (TPSA) is 64.3 Å². The van der Waals surface area contributed by atoms with Crippen LogP contribution in [-0.4, -0.2) is 13.0 Å². The number of carbonyl (C=O) groups excluding carboxylic acids is 1. The molecule has 0 spiro atoms. The van der Waals surface area contributed by atoms with Gasteiger partial charge in [-0.05, 0) is 42.3 Å². The standard InChI is InChI=1S/C16H17ClN2O2/c1-10-7-11(3-6-15(10)21-2)9-19-14-8-12(16(18)20)4-5-13(14)17/h3-8,19H,9H2,1-2H3,(H2,18,20). The molecule has 0 aliphatic carbocycles. The highest BCUT2D eigenvalue weighted by Gasteiger charge is 2.06. The smallest absolute Gasteiger partial charge is 0.248 e. The van der Waals surface area contributed by atoms with E-state index >= 15 is 0 Å². The van der Waals surface area contributed by atoms with E-state index in [1.54, 1.807) is 25.3 Å². The zero-order valence-corrected chi connectivity index (χ0v) is 12.7. The van der Waals surface area contributed by atoms with Gasteiger partial charge in [0.25, 0.3) is 0 Å². The van der Waals surface area contributed by atoms with Crippen LogP contribution in [0.15, 0.2) is 36.4 Å². The number of amides is 1. The largest absolute Gasteiger partial charge is 0.496 e. The molecule has 2 rings (SSSR count). The zero-order chi connectivity index (χ0) is 15.4. The number of rotatable bonds is 5. The zero-order valence-electron chi connectivity index (χ0n) is 11.9. The van der Waals surface area contributed by atoms with Crippen LogP contribution in [0.1, 0.15) is 21.5 Å². The van der Waals surface area contributed by atoms with Crippen molar-refractivity contribution in [3.63, 3.8) is 0 Å². The molecule has 4 nitrogen and oxygen atoms in total. The Hall–Kier alpha value is -2.20. The van der Waals surface area contributed by atoms with Crippen molar-refractivity contribution in [2.75, 3.05) is 12.4 Å². The van der Waals surface area contributed by atoms with Gasteiger partial charge < -0.3 is 15.8 Å². The lowest BCUT2D eigenvalue weighted by Crippen LogP contribution is -2.11. The number of halogens is 1. The fourth-order valence-corrected chi connectivity index (χ4v) is 2.25. The van der Waals surface area contributed by atoms with E-state index in [1.165, 1.54) is 0 Å². The van der Waals surface area contributed by atoms with Crippen molar-refractivity contribution in [2.24, 2.45) is 5.73 Å². The molecule has 0 atom stereocenters. The number of hydrogen-bond donors (Lipinski definition) is 2. The Balaban J connectivity index is 2.14. The molecule has 2 aromatic rings. The van der Waals surface area contributed by atoms with E-state index in [0.29, 0.717) is 22.8 Å². The van der Waals surface area contributed by atoms with E-state index in [-0.39, 0.29) is 0 Å². The van der Waals surface area contributed by atoms with Crippen molar-refractivity contribution < 1.29 is 9.53 Å². The first kappa shape index (κ1) is 15.2. The van der Waals surface area contributed by atoms with Crippen LogP contribution in [0, 0.1) is 6.92 Å². The SMILES string of the molecule is COc1ccc(CNc2cc(C(N)=O)ccc2Cl)cc1C. The molecule has 2 aromatic carbocycles. The summed E-state index contributed by atoms with van der Waals surface area (Å²) in [5.41, 5.74) is 8.53. The van der Waals surface area contributed by atoms with Crippen molar-refractivity contribution in [2.45, 2.75) is 13.5 Å². The van der Waals surface area contributed by atoms with Gasteiger partial charge in [-0.3, -0.25) is 4.79 Å². The molecule has 1 amide bonds. The average Bonchev–Trinajstić information content (AvgIpc) is 2.46. The number of ether oxygens (including phenoxy) is 1. The number of methoxy groups -OCH3 is 1. The van der Waals surface area contributed by atoms with Crippen LogP contribution < -0.4 is 15.8 Å². The molecule has 5 heteroatoms. The lowest BCUT2D eigenvalue weighted by molar-refractivity contribution is 0.100. The van der Waals surface area contributed by atoms with Crippen molar-refractivity contribution >= 4 is 23.2 Å². The first-order chi connectivity index (χ1) is 10.0. The third-order valence-electron chi connectivity index (χ3n) is 3.19. The third-order valence-corrected chi connectivity index (χ3v) is 3.52. The molecule has 3 N–H and O–H groups in total. The highest BCUT2D eigenvalue weighted by atomic mass is 35.5. The van der Waals surface area contributed by atoms with Crippen LogP contribution >= 0.6 is 11.6 Å². The van der Waals surface area contributed by atoms with Gasteiger partial charge in [-0.1, -0.05) is 23.7 Å². The summed E-state index contributed by atoms with van der Waals surface area (Å²) in [5.74, 6) is 0.377. The fraction of sp³-hybridized carbons (Fsp3) is 0.188.